The fourth-order valence-electron chi connectivity index (χ4n) is 3.71. The molecule has 0 fully saturated rings. The van der Waals surface area contributed by atoms with Gasteiger partial charge in [-0.25, -0.2) is 9.59 Å². The summed E-state index contributed by atoms with van der Waals surface area (Å²) in [5, 5.41) is 5.43. The van der Waals surface area contributed by atoms with Crippen LogP contribution in [0.25, 0.3) is 0 Å². The molecule has 2 aromatic carbocycles. The second-order valence-corrected chi connectivity index (χ2v) is 7.68. The highest BCUT2D eigenvalue weighted by Crippen LogP contribution is 2.33. The molecule has 0 bridgehead atoms. The van der Waals surface area contributed by atoms with Gasteiger partial charge < -0.3 is 15.4 Å². The second-order valence-electron chi connectivity index (χ2n) is 7.68. The molecule has 3 amide bonds. The molecular formula is C24H24F3N3O4. The minimum atomic E-state index is -4.50. The molecule has 180 valence electrons. The maximum Gasteiger partial charge on any atom is 0.416 e. The molecule has 0 radical (unpaired) electrons. The van der Waals surface area contributed by atoms with E-state index in [1.807, 2.05) is 6.92 Å². The van der Waals surface area contributed by atoms with E-state index in [0.717, 1.165) is 24.3 Å². The van der Waals surface area contributed by atoms with E-state index < -0.39 is 29.7 Å². The highest BCUT2D eigenvalue weighted by molar-refractivity contribution is 6.04. The van der Waals surface area contributed by atoms with Gasteiger partial charge in [0.05, 0.1) is 24.3 Å². The van der Waals surface area contributed by atoms with E-state index in [4.69, 9.17) is 4.74 Å². The van der Waals surface area contributed by atoms with Crippen molar-refractivity contribution in [3.63, 3.8) is 0 Å². The molecule has 7 nitrogen and oxygen atoms in total. The number of alkyl halides is 3. The summed E-state index contributed by atoms with van der Waals surface area (Å²) in [5.74, 6) is -1.20. The molecule has 0 spiro atoms. The molecular weight excluding hydrogens is 451 g/mol. The Kier molecular flexibility index (Phi) is 7.29. The van der Waals surface area contributed by atoms with Gasteiger partial charge in [-0.05, 0) is 55.3 Å². The van der Waals surface area contributed by atoms with Crippen LogP contribution in [-0.4, -0.2) is 36.5 Å². The number of hydrogen-bond donors (Lipinski definition) is 2. The SMILES string of the molecule is CCCN1C(=O)NC(c2cccc(NC(=O)c3ccc(C(F)(F)F)cc3)c2)C(C(=O)OC)=C1C. The van der Waals surface area contributed by atoms with Crippen LogP contribution in [0.2, 0.25) is 0 Å². The fourth-order valence-corrected chi connectivity index (χ4v) is 3.71. The number of halogens is 3. The molecule has 1 aliphatic rings. The summed E-state index contributed by atoms with van der Waals surface area (Å²) in [7, 11) is 1.25. The van der Waals surface area contributed by atoms with Gasteiger partial charge in [0.15, 0.2) is 0 Å². The molecule has 0 saturated heterocycles. The molecule has 3 rings (SSSR count). The lowest BCUT2D eigenvalue weighted by Gasteiger charge is -2.35. The first-order chi connectivity index (χ1) is 16.1. The third-order valence-electron chi connectivity index (χ3n) is 5.40. The first kappa shape index (κ1) is 24.8. The molecule has 1 unspecified atom stereocenters. The molecule has 0 saturated carbocycles. The topological polar surface area (TPSA) is 87.7 Å². The number of nitrogens with zero attached hydrogens (tertiary/aromatic N) is 1. The molecule has 1 atom stereocenters. The minimum absolute atomic E-state index is 0.0468. The number of esters is 1. The zero-order valence-electron chi connectivity index (χ0n) is 18.8. The summed E-state index contributed by atoms with van der Waals surface area (Å²) in [6.07, 6.45) is -3.81. The van der Waals surface area contributed by atoms with E-state index in [9.17, 15) is 27.6 Å². The minimum Gasteiger partial charge on any atom is -0.466 e. The Morgan fingerprint density at radius 2 is 1.82 bits per heavy atom. The lowest BCUT2D eigenvalue weighted by atomic mass is 9.94. The number of ether oxygens (including phenoxy) is 1. The normalized spacial score (nSPS) is 16.2. The average Bonchev–Trinajstić information content (AvgIpc) is 2.80. The quantitative estimate of drug-likeness (QED) is 0.583. The van der Waals surface area contributed by atoms with Crippen LogP contribution < -0.4 is 10.6 Å². The van der Waals surface area contributed by atoms with Crippen molar-refractivity contribution in [2.75, 3.05) is 19.0 Å². The van der Waals surface area contributed by atoms with E-state index in [-0.39, 0.29) is 17.2 Å². The monoisotopic (exact) mass is 475 g/mol. The highest BCUT2D eigenvalue weighted by Gasteiger charge is 2.36. The van der Waals surface area contributed by atoms with Crippen molar-refractivity contribution < 1.29 is 32.3 Å². The Hall–Kier alpha value is -3.82. The number of nitrogens with one attached hydrogen (secondary N) is 2. The molecule has 1 heterocycles. The van der Waals surface area contributed by atoms with Gasteiger partial charge >= 0.3 is 18.2 Å². The zero-order chi connectivity index (χ0) is 25.0. The Bertz CT molecular complexity index is 1130. The smallest absolute Gasteiger partial charge is 0.416 e. The van der Waals surface area contributed by atoms with Crippen molar-refractivity contribution in [2.45, 2.75) is 32.5 Å². The third kappa shape index (κ3) is 5.22. The summed E-state index contributed by atoms with van der Waals surface area (Å²) in [5.41, 5.74) is 0.798. The van der Waals surface area contributed by atoms with Crippen LogP contribution in [0.15, 0.2) is 59.8 Å². The number of rotatable bonds is 6. The molecule has 0 aliphatic carbocycles. The predicted octanol–water partition coefficient (Wildman–Crippen LogP) is 4.88. The van der Waals surface area contributed by atoms with E-state index >= 15 is 0 Å². The van der Waals surface area contributed by atoms with Crippen LogP contribution in [-0.2, 0) is 15.7 Å². The Morgan fingerprint density at radius 3 is 2.41 bits per heavy atom. The van der Waals surface area contributed by atoms with Crippen LogP contribution in [0.4, 0.5) is 23.7 Å². The zero-order valence-corrected chi connectivity index (χ0v) is 18.8. The van der Waals surface area contributed by atoms with Crippen molar-refractivity contribution >= 4 is 23.6 Å². The van der Waals surface area contributed by atoms with Crippen molar-refractivity contribution in [1.29, 1.82) is 0 Å². The fraction of sp³-hybridized carbons (Fsp3) is 0.292. The standard InChI is InChI=1S/C24H24F3N3O4/c1-4-12-30-14(2)19(22(32)34-3)20(29-23(30)33)16-6-5-7-18(13-16)28-21(31)15-8-10-17(11-9-15)24(25,26)27/h5-11,13,20H,4,12H2,1-3H3,(H,28,31)(H,29,33). The lowest BCUT2D eigenvalue weighted by molar-refractivity contribution is -0.138. The summed E-state index contributed by atoms with van der Waals surface area (Å²) in [6.45, 7) is 4.01. The first-order valence-corrected chi connectivity index (χ1v) is 10.5. The number of carbonyl (C=O) groups excluding carboxylic acids is 3. The van der Waals surface area contributed by atoms with Crippen LogP contribution in [0.1, 0.15) is 47.8 Å². The Balaban J connectivity index is 1.88. The van der Waals surface area contributed by atoms with E-state index in [1.54, 1.807) is 31.2 Å². The van der Waals surface area contributed by atoms with Crippen molar-refractivity contribution in [3.05, 3.63) is 76.5 Å². The number of urea groups is 1. The first-order valence-electron chi connectivity index (χ1n) is 10.5. The number of methoxy groups -OCH3 is 1. The Morgan fingerprint density at radius 1 is 1.15 bits per heavy atom. The van der Waals surface area contributed by atoms with Crippen molar-refractivity contribution in [3.8, 4) is 0 Å². The molecule has 1 aliphatic heterocycles. The van der Waals surface area contributed by atoms with Gasteiger partial charge in [-0.3, -0.25) is 9.69 Å². The third-order valence-corrected chi connectivity index (χ3v) is 5.40. The Labute approximate surface area is 194 Å². The number of amides is 3. The maximum absolute atomic E-state index is 12.8. The lowest BCUT2D eigenvalue weighted by Crippen LogP contribution is -2.48. The summed E-state index contributed by atoms with van der Waals surface area (Å²) in [4.78, 5) is 39.2. The number of carbonyl (C=O) groups is 3. The highest BCUT2D eigenvalue weighted by atomic mass is 19.4. The van der Waals surface area contributed by atoms with Gasteiger partial charge in [-0.2, -0.15) is 13.2 Å². The molecule has 0 aromatic heterocycles. The van der Waals surface area contributed by atoms with Crippen molar-refractivity contribution in [1.82, 2.24) is 10.2 Å². The molecule has 2 N–H and O–H groups in total. The summed E-state index contributed by atoms with van der Waals surface area (Å²) < 4.78 is 43.2. The summed E-state index contributed by atoms with van der Waals surface area (Å²) >= 11 is 0. The van der Waals surface area contributed by atoms with E-state index in [0.29, 0.717) is 29.9 Å². The van der Waals surface area contributed by atoms with Crippen LogP contribution in [0.3, 0.4) is 0 Å². The maximum atomic E-state index is 12.8. The van der Waals surface area contributed by atoms with Crippen LogP contribution >= 0.6 is 0 Å². The number of anilines is 1. The second kappa shape index (κ2) is 9.98. The number of benzene rings is 2. The average molecular weight is 475 g/mol. The van der Waals surface area contributed by atoms with Crippen LogP contribution in [0.5, 0.6) is 0 Å². The largest absolute Gasteiger partial charge is 0.466 e. The molecule has 10 heteroatoms. The van der Waals surface area contributed by atoms with E-state index in [1.165, 1.54) is 12.0 Å². The number of allylic oxidation sites excluding steroid dienone is 1. The van der Waals surface area contributed by atoms with Gasteiger partial charge in [0.25, 0.3) is 5.91 Å². The van der Waals surface area contributed by atoms with Gasteiger partial charge in [0.2, 0.25) is 0 Å². The van der Waals surface area contributed by atoms with Crippen molar-refractivity contribution in [2.24, 2.45) is 0 Å². The molecule has 34 heavy (non-hydrogen) atoms. The number of hydrogen-bond acceptors (Lipinski definition) is 4. The summed E-state index contributed by atoms with van der Waals surface area (Å²) in [6, 6.07) is 9.17. The van der Waals surface area contributed by atoms with Gasteiger partial charge in [-0.15, -0.1) is 0 Å². The van der Waals surface area contributed by atoms with Gasteiger partial charge in [0, 0.05) is 23.5 Å². The molecule has 2 aromatic rings. The van der Waals surface area contributed by atoms with E-state index in [2.05, 4.69) is 10.6 Å². The predicted molar refractivity (Wildman–Crippen MR) is 119 cm³/mol. The van der Waals surface area contributed by atoms with Gasteiger partial charge in [0.1, 0.15) is 0 Å². The van der Waals surface area contributed by atoms with Gasteiger partial charge in [-0.1, -0.05) is 19.1 Å². The van der Waals surface area contributed by atoms with Crippen LogP contribution in [0, 0.1) is 0 Å².